The number of amides is 1. The van der Waals surface area contributed by atoms with Crippen LogP contribution >= 0.6 is 0 Å². The van der Waals surface area contributed by atoms with Crippen LogP contribution in [0.15, 0.2) is 0 Å². The summed E-state index contributed by atoms with van der Waals surface area (Å²) in [5.74, 6) is -0.784. The summed E-state index contributed by atoms with van der Waals surface area (Å²) in [5.41, 5.74) is 0. The van der Waals surface area contributed by atoms with Gasteiger partial charge in [-0.25, -0.2) is 0 Å². The van der Waals surface area contributed by atoms with E-state index in [0.717, 1.165) is 32.2 Å². The highest BCUT2D eigenvalue weighted by Crippen LogP contribution is 2.35. The van der Waals surface area contributed by atoms with Gasteiger partial charge in [-0.3, -0.25) is 9.59 Å². The van der Waals surface area contributed by atoms with Gasteiger partial charge in [-0.15, -0.1) is 0 Å². The van der Waals surface area contributed by atoms with Crippen molar-refractivity contribution in [3.8, 4) is 0 Å². The van der Waals surface area contributed by atoms with Crippen molar-refractivity contribution < 1.29 is 14.7 Å². The first-order valence-corrected chi connectivity index (χ1v) is 7.04. The zero-order valence-corrected chi connectivity index (χ0v) is 11.3. The Morgan fingerprint density at radius 2 is 1.78 bits per heavy atom. The highest BCUT2D eigenvalue weighted by atomic mass is 16.4. The van der Waals surface area contributed by atoms with E-state index >= 15 is 0 Å². The normalized spacial score (nSPS) is 36.7. The largest absolute Gasteiger partial charge is 0.481 e. The Kier molecular flexibility index (Phi) is 3.93. The first-order valence-electron chi connectivity index (χ1n) is 7.04. The molecule has 4 heteroatoms. The van der Waals surface area contributed by atoms with Crippen molar-refractivity contribution in [2.75, 3.05) is 6.54 Å². The van der Waals surface area contributed by atoms with Crippen molar-refractivity contribution in [1.82, 2.24) is 4.90 Å². The summed E-state index contributed by atoms with van der Waals surface area (Å²) in [4.78, 5) is 25.6. The molecule has 2 aliphatic rings. The number of likely N-dealkylation sites (tertiary alicyclic amines) is 1. The minimum atomic E-state index is -0.802. The van der Waals surface area contributed by atoms with Gasteiger partial charge in [-0.1, -0.05) is 13.3 Å². The zero-order chi connectivity index (χ0) is 13.3. The van der Waals surface area contributed by atoms with Crippen LogP contribution in [-0.4, -0.2) is 34.5 Å². The van der Waals surface area contributed by atoms with Crippen molar-refractivity contribution >= 4 is 11.9 Å². The van der Waals surface area contributed by atoms with Gasteiger partial charge in [0.1, 0.15) is 0 Å². The van der Waals surface area contributed by atoms with E-state index < -0.39 is 11.9 Å². The maximum atomic E-state index is 12.5. The van der Waals surface area contributed by atoms with Crippen molar-refractivity contribution in [3.63, 3.8) is 0 Å². The standard InChI is InChI=1S/C14H23NO3/c1-9-6-7-15(10(2)8-9)13(16)11-4-3-5-12(11)14(17)18/h9-12H,3-8H2,1-2H3,(H,17,18)/t9?,10?,11-,12+/m1/s1. The Bertz CT molecular complexity index is 342. The highest BCUT2D eigenvalue weighted by molar-refractivity contribution is 5.85. The van der Waals surface area contributed by atoms with E-state index in [-0.39, 0.29) is 17.9 Å². The van der Waals surface area contributed by atoms with Gasteiger partial charge in [0.25, 0.3) is 0 Å². The molecule has 2 fully saturated rings. The number of rotatable bonds is 2. The van der Waals surface area contributed by atoms with Crippen LogP contribution in [0.1, 0.15) is 46.0 Å². The highest BCUT2D eigenvalue weighted by Gasteiger charge is 2.41. The minimum absolute atomic E-state index is 0.0827. The molecule has 0 bridgehead atoms. The molecule has 1 saturated carbocycles. The van der Waals surface area contributed by atoms with Crippen LogP contribution < -0.4 is 0 Å². The van der Waals surface area contributed by atoms with E-state index in [0.29, 0.717) is 12.3 Å². The van der Waals surface area contributed by atoms with Gasteiger partial charge >= 0.3 is 5.97 Å². The van der Waals surface area contributed by atoms with Crippen LogP contribution in [0.3, 0.4) is 0 Å². The van der Waals surface area contributed by atoms with E-state index in [1.54, 1.807) is 0 Å². The second-order valence-corrected chi connectivity index (χ2v) is 5.99. The number of carbonyl (C=O) groups excluding carboxylic acids is 1. The molecule has 0 spiro atoms. The van der Waals surface area contributed by atoms with Crippen LogP contribution in [-0.2, 0) is 9.59 Å². The van der Waals surface area contributed by atoms with E-state index in [4.69, 9.17) is 5.11 Å². The third-order valence-corrected chi connectivity index (χ3v) is 4.57. The number of hydrogen-bond donors (Lipinski definition) is 1. The summed E-state index contributed by atoms with van der Waals surface area (Å²) in [7, 11) is 0. The monoisotopic (exact) mass is 253 g/mol. The molecular formula is C14H23NO3. The van der Waals surface area contributed by atoms with E-state index in [1.807, 2.05) is 4.90 Å². The summed E-state index contributed by atoms with van der Waals surface area (Å²) < 4.78 is 0. The molecule has 4 atom stereocenters. The van der Waals surface area contributed by atoms with E-state index in [1.165, 1.54) is 0 Å². The number of carboxylic acid groups (broad SMARTS) is 1. The van der Waals surface area contributed by atoms with Gasteiger partial charge in [-0.05, 0) is 38.5 Å². The third kappa shape index (κ3) is 2.52. The molecule has 18 heavy (non-hydrogen) atoms. The lowest BCUT2D eigenvalue weighted by Gasteiger charge is -2.38. The average Bonchev–Trinajstić information content (AvgIpc) is 2.77. The number of piperidine rings is 1. The summed E-state index contributed by atoms with van der Waals surface area (Å²) in [5, 5.41) is 9.17. The lowest BCUT2D eigenvalue weighted by molar-refractivity contribution is -0.150. The molecule has 1 heterocycles. The Morgan fingerprint density at radius 1 is 1.11 bits per heavy atom. The maximum Gasteiger partial charge on any atom is 0.307 e. The molecule has 2 unspecified atom stereocenters. The summed E-state index contributed by atoms with van der Waals surface area (Å²) in [6.45, 7) is 5.09. The van der Waals surface area contributed by atoms with Crippen molar-refractivity contribution in [1.29, 1.82) is 0 Å². The minimum Gasteiger partial charge on any atom is -0.481 e. The first kappa shape index (κ1) is 13.4. The number of aliphatic carboxylic acids is 1. The van der Waals surface area contributed by atoms with E-state index in [9.17, 15) is 9.59 Å². The number of carboxylic acids is 1. The zero-order valence-electron chi connectivity index (χ0n) is 11.3. The van der Waals surface area contributed by atoms with Crippen LogP contribution in [0, 0.1) is 17.8 Å². The molecule has 102 valence electrons. The van der Waals surface area contributed by atoms with Crippen LogP contribution in [0.4, 0.5) is 0 Å². The second kappa shape index (κ2) is 5.29. The summed E-state index contributed by atoms with van der Waals surface area (Å²) in [6, 6.07) is 0.260. The predicted octanol–water partition coefficient (Wildman–Crippen LogP) is 2.13. The lowest BCUT2D eigenvalue weighted by Crippen LogP contribution is -2.48. The molecule has 1 saturated heterocycles. The van der Waals surface area contributed by atoms with Gasteiger partial charge < -0.3 is 10.0 Å². The number of hydrogen-bond acceptors (Lipinski definition) is 2. The predicted molar refractivity (Wildman–Crippen MR) is 68.0 cm³/mol. The van der Waals surface area contributed by atoms with Gasteiger partial charge in [0.2, 0.25) is 5.91 Å². The molecule has 1 aliphatic heterocycles. The quantitative estimate of drug-likeness (QED) is 0.820. The topological polar surface area (TPSA) is 57.6 Å². The van der Waals surface area contributed by atoms with Crippen LogP contribution in [0.25, 0.3) is 0 Å². The molecule has 0 aromatic rings. The molecule has 1 amide bonds. The Labute approximate surface area is 108 Å². The van der Waals surface area contributed by atoms with Gasteiger partial charge in [0, 0.05) is 12.6 Å². The Balaban J connectivity index is 2.04. The summed E-state index contributed by atoms with van der Waals surface area (Å²) >= 11 is 0. The van der Waals surface area contributed by atoms with Gasteiger partial charge in [0.05, 0.1) is 11.8 Å². The van der Waals surface area contributed by atoms with Crippen molar-refractivity contribution in [2.24, 2.45) is 17.8 Å². The first-order chi connectivity index (χ1) is 8.50. The van der Waals surface area contributed by atoms with Crippen molar-refractivity contribution in [3.05, 3.63) is 0 Å². The molecule has 0 aromatic heterocycles. The smallest absolute Gasteiger partial charge is 0.307 e. The molecule has 1 N–H and O–H groups in total. The lowest BCUT2D eigenvalue weighted by atomic mass is 9.89. The van der Waals surface area contributed by atoms with Gasteiger partial charge in [-0.2, -0.15) is 0 Å². The van der Waals surface area contributed by atoms with Crippen LogP contribution in [0.5, 0.6) is 0 Å². The van der Waals surface area contributed by atoms with Crippen molar-refractivity contribution in [2.45, 2.75) is 52.0 Å². The average molecular weight is 253 g/mol. The fraction of sp³-hybridized carbons (Fsp3) is 0.857. The fourth-order valence-corrected chi connectivity index (χ4v) is 3.50. The number of carbonyl (C=O) groups is 2. The Morgan fingerprint density at radius 3 is 2.39 bits per heavy atom. The van der Waals surface area contributed by atoms with Crippen LogP contribution in [0.2, 0.25) is 0 Å². The molecule has 2 rings (SSSR count). The second-order valence-electron chi connectivity index (χ2n) is 5.99. The molecule has 1 aliphatic carbocycles. The fourth-order valence-electron chi connectivity index (χ4n) is 3.50. The number of nitrogens with zero attached hydrogens (tertiary/aromatic N) is 1. The summed E-state index contributed by atoms with van der Waals surface area (Å²) in [6.07, 6.45) is 4.35. The maximum absolute atomic E-state index is 12.5. The third-order valence-electron chi connectivity index (χ3n) is 4.57. The molecule has 0 aromatic carbocycles. The molecule has 4 nitrogen and oxygen atoms in total. The van der Waals surface area contributed by atoms with Gasteiger partial charge in [0.15, 0.2) is 0 Å². The molecule has 0 radical (unpaired) electrons. The van der Waals surface area contributed by atoms with E-state index in [2.05, 4.69) is 13.8 Å². The Hall–Kier alpha value is -1.06. The molecular weight excluding hydrogens is 230 g/mol. The SMILES string of the molecule is CC1CCN(C(=O)[C@@H]2CCC[C@@H]2C(=O)O)C(C)C1.